The number of halogens is 1. The van der Waals surface area contributed by atoms with Crippen molar-refractivity contribution in [2.24, 2.45) is 0 Å². The van der Waals surface area contributed by atoms with E-state index in [1.165, 1.54) is 26.2 Å². The standard InChI is InChI=1S/C24H22INO8S/c1-4-33-23(30)13(2)26-21(27)19(35-24(26)31)11-15-9-17(25)20(18(10-15)32-3)34-12-14-5-7-16(8-6-14)22(28)29/h5-11,13H,4,12H2,1-3H3,(H,28,29)/b19-11+/t13-/m1/s1. The van der Waals surface area contributed by atoms with E-state index in [4.69, 9.17) is 19.3 Å². The summed E-state index contributed by atoms with van der Waals surface area (Å²) in [7, 11) is 1.48. The van der Waals surface area contributed by atoms with E-state index in [2.05, 4.69) is 22.6 Å². The lowest BCUT2D eigenvalue weighted by Gasteiger charge is -2.19. The van der Waals surface area contributed by atoms with Gasteiger partial charge >= 0.3 is 11.9 Å². The molecular formula is C24H22INO8S. The molecule has 0 aliphatic carbocycles. The van der Waals surface area contributed by atoms with E-state index in [9.17, 15) is 19.2 Å². The molecule has 1 aliphatic rings. The average molecular weight is 611 g/mol. The SMILES string of the molecule is CCOC(=O)[C@@H](C)N1C(=O)S/C(=C/c2cc(I)c(OCc3ccc(C(=O)O)cc3)c(OC)c2)C1=O. The summed E-state index contributed by atoms with van der Waals surface area (Å²) in [6, 6.07) is 8.77. The zero-order valence-corrected chi connectivity index (χ0v) is 22.0. The molecule has 184 valence electrons. The number of carboxylic acid groups (broad SMARTS) is 1. The third-order valence-corrected chi connectivity index (χ3v) is 6.66. The highest BCUT2D eigenvalue weighted by molar-refractivity contribution is 14.1. The molecule has 0 radical (unpaired) electrons. The highest BCUT2D eigenvalue weighted by Gasteiger charge is 2.41. The van der Waals surface area contributed by atoms with Crippen molar-refractivity contribution in [1.29, 1.82) is 0 Å². The molecule has 35 heavy (non-hydrogen) atoms. The summed E-state index contributed by atoms with van der Waals surface area (Å²) < 4.78 is 17.0. The zero-order chi connectivity index (χ0) is 25.7. The van der Waals surface area contributed by atoms with Gasteiger partial charge in [-0.25, -0.2) is 9.59 Å². The van der Waals surface area contributed by atoms with E-state index in [-0.39, 0.29) is 23.7 Å². The van der Waals surface area contributed by atoms with Crippen molar-refractivity contribution in [3.8, 4) is 11.5 Å². The van der Waals surface area contributed by atoms with Crippen molar-refractivity contribution in [3.63, 3.8) is 0 Å². The first-order valence-electron chi connectivity index (χ1n) is 10.4. The van der Waals surface area contributed by atoms with Crippen molar-refractivity contribution in [2.75, 3.05) is 13.7 Å². The van der Waals surface area contributed by atoms with Gasteiger partial charge in [0.1, 0.15) is 12.6 Å². The first-order valence-corrected chi connectivity index (χ1v) is 12.3. The number of carboxylic acids is 1. The summed E-state index contributed by atoms with van der Waals surface area (Å²) in [6.07, 6.45) is 1.56. The van der Waals surface area contributed by atoms with Crippen LogP contribution in [0, 0.1) is 3.57 Å². The van der Waals surface area contributed by atoms with Gasteiger partial charge in [-0.05, 0) is 89.7 Å². The second-order valence-corrected chi connectivity index (χ2v) is 9.46. The summed E-state index contributed by atoms with van der Waals surface area (Å²) in [5.74, 6) is -1.32. The maximum Gasteiger partial charge on any atom is 0.335 e. The minimum absolute atomic E-state index is 0.148. The van der Waals surface area contributed by atoms with Crippen molar-refractivity contribution in [2.45, 2.75) is 26.5 Å². The lowest BCUT2D eigenvalue weighted by molar-refractivity contribution is -0.150. The molecule has 2 amide bonds. The van der Waals surface area contributed by atoms with Crippen LogP contribution in [0.2, 0.25) is 0 Å². The number of imide groups is 1. The Labute approximate surface area is 219 Å². The van der Waals surface area contributed by atoms with Gasteiger partial charge in [-0.3, -0.25) is 14.5 Å². The van der Waals surface area contributed by atoms with E-state index >= 15 is 0 Å². The fraction of sp³-hybridized carbons (Fsp3) is 0.250. The van der Waals surface area contributed by atoms with E-state index in [0.717, 1.165) is 22.2 Å². The van der Waals surface area contributed by atoms with Gasteiger partial charge in [0.2, 0.25) is 0 Å². The Hall–Kier alpha value is -3.06. The van der Waals surface area contributed by atoms with Crippen LogP contribution in [0.5, 0.6) is 11.5 Å². The Kier molecular flexibility index (Phi) is 8.78. The second kappa shape index (κ2) is 11.6. The number of thioether (sulfide) groups is 1. The number of rotatable bonds is 9. The number of esters is 1. The molecule has 1 saturated heterocycles. The predicted octanol–water partition coefficient (Wildman–Crippen LogP) is 4.56. The summed E-state index contributed by atoms with van der Waals surface area (Å²) in [4.78, 5) is 49.3. The van der Waals surface area contributed by atoms with Crippen LogP contribution in [0.15, 0.2) is 41.3 Å². The van der Waals surface area contributed by atoms with Crippen LogP contribution in [-0.4, -0.2) is 52.8 Å². The van der Waals surface area contributed by atoms with E-state index in [1.807, 2.05) is 0 Å². The summed E-state index contributed by atoms with van der Waals surface area (Å²) in [6.45, 7) is 3.44. The van der Waals surface area contributed by atoms with Gasteiger partial charge in [-0.1, -0.05) is 12.1 Å². The van der Waals surface area contributed by atoms with Crippen LogP contribution in [0.25, 0.3) is 6.08 Å². The molecular weight excluding hydrogens is 589 g/mol. The fourth-order valence-corrected chi connectivity index (χ4v) is 4.88. The van der Waals surface area contributed by atoms with Crippen LogP contribution in [0.4, 0.5) is 4.79 Å². The largest absolute Gasteiger partial charge is 0.493 e. The lowest BCUT2D eigenvalue weighted by Crippen LogP contribution is -2.42. The minimum Gasteiger partial charge on any atom is -0.493 e. The predicted molar refractivity (Wildman–Crippen MR) is 137 cm³/mol. The Morgan fingerprint density at radius 1 is 1.20 bits per heavy atom. The molecule has 1 atom stereocenters. The Balaban J connectivity index is 1.79. The smallest absolute Gasteiger partial charge is 0.335 e. The number of aromatic carboxylic acids is 1. The number of ether oxygens (including phenoxy) is 3. The Bertz CT molecular complexity index is 1190. The molecule has 0 bridgehead atoms. The molecule has 9 nitrogen and oxygen atoms in total. The molecule has 2 aromatic rings. The quantitative estimate of drug-likeness (QED) is 0.247. The number of hydrogen-bond donors (Lipinski definition) is 1. The highest BCUT2D eigenvalue weighted by Crippen LogP contribution is 2.38. The highest BCUT2D eigenvalue weighted by atomic mass is 127. The summed E-state index contributed by atoms with van der Waals surface area (Å²) >= 11 is 2.83. The van der Waals surface area contributed by atoms with Gasteiger partial charge in [-0.2, -0.15) is 0 Å². The van der Waals surface area contributed by atoms with Crippen LogP contribution in [-0.2, 0) is 20.9 Å². The molecule has 1 N–H and O–H groups in total. The van der Waals surface area contributed by atoms with Crippen molar-refractivity contribution in [3.05, 3.63) is 61.6 Å². The average Bonchev–Trinajstić information content (AvgIpc) is 3.10. The minimum atomic E-state index is -1.02. The normalized spacial score (nSPS) is 15.3. The van der Waals surface area contributed by atoms with E-state index < -0.39 is 29.1 Å². The maximum atomic E-state index is 12.8. The van der Waals surface area contributed by atoms with Crippen LogP contribution >= 0.6 is 34.4 Å². The van der Waals surface area contributed by atoms with Gasteiger partial charge in [0, 0.05) is 0 Å². The molecule has 1 fully saturated rings. The van der Waals surface area contributed by atoms with Crippen LogP contribution in [0.1, 0.15) is 35.3 Å². The number of nitrogens with zero attached hydrogens (tertiary/aromatic N) is 1. The third-order valence-electron chi connectivity index (χ3n) is 4.97. The van der Waals surface area contributed by atoms with E-state index in [0.29, 0.717) is 20.6 Å². The first kappa shape index (κ1) is 26.5. The number of benzene rings is 2. The Morgan fingerprint density at radius 2 is 1.89 bits per heavy atom. The maximum absolute atomic E-state index is 12.8. The number of hydrogen-bond acceptors (Lipinski definition) is 8. The third kappa shape index (κ3) is 6.14. The molecule has 11 heteroatoms. The first-order chi connectivity index (χ1) is 16.7. The van der Waals surface area contributed by atoms with Gasteiger partial charge in [0.15, 0.2) is 11.5 Å². The van der Waals surface area contributed by atoms with Gasteiger partial charge in [0.25, 0.3) is 11.1 Å². The lowest BCUT2D eigenvalue weighted by atomic mass is 10.1. The molecule has 0 spiro atoms. The molecule has 3 rings (SSSR count). The van der Waals surface area contributed by atoms with Crippen molar-refractivity contribution in [1.82, 2.24) is 4.90 Å². The molecule has 0 aromatic heterocycles. The second-order valence-electron chi connectivity index (χ2n) is 7.30. The number of methoxy groups -OCH3 is 1. The van der Waals surface area contributed by atoms with Crippen molar-refractivity contribution >= 4 is 63.5 Å². The number of carbonyl (C=O) groups is 4. The Morgan fingerprint density at radius 3 is 2.49 bits per heavy atom. The van der Waals surface area contributed by atoms with E-state index in [1.54, 1.807) is 37.3 Å². The topological polar surface area (TPSA) is 119 Å². The zero-order valence-electron chi connectivity index (χ0n) is 19.1. The molecule has 2 aromatic carbocycles. The number of carbonyl (C=O) groups excluding carboxylic acids is 3. The van der Waals surface area contributed by atoms with Crippen LogP contribution < -0.4 is 9.47 Å². The molecule has 1 heterocycles. The summed E-state index contributed by atoms with van der Waals surface area (Å²) in [5, 5.41) is 8.47. The molecule has 1 aliphatic heterocycles. The van der Waals surface area contributed by atoms with Gasteiger partial charge in [0.05, 0.1) is 27.8 Å². The van der Waals surface area contributed by atoms with Crippen molar-refractivity contribution < 1.29 is 38.5 Å². The monoisotopic (exact) mass is 611 g/mol. The van der Waals surface area contributed by atoms with Gasteiger partial charge < -0.3 is 19.3 Å². The summed E-state index contributed by atoms with van der Waals surface area (Å²) in [5.41, 5.74) is 1.58. The van der Waals surface area contributed by atoms with Crippen LogP contribution in [0.3, 0.4) is 0 Å². The molecule has 0 saturated carbocycles. The molecule has 0 unspecified atom stereocenters. The number of amides is 2. The fourth-order valence-electron chi connectivity index (χ4n) is 3.20. The van der Waals surface area contributed by atoms with Gasteiger partial charge in [-0.15, -0.1) is 0 Å².